The summed E-state index contributed by atoms with van der Waals surface area (Å²) >= 11 is 0. The first-order valence-corrected chi connectivity index (χ1v) is 7.49. The predicted molar refractivity (Wildman–Crippen MR) is 76.0 cm³/mol. The molecule has 0 bridgehead atoms. The van der Waals surface area contributed by atoms with Gasteiger partial charge in [-0.15, -0.1) is 0 Å². The van der Waals surface area contributed by atoms with Gasteiger partial charge in [0.25, 0.3) is 0 Å². The second-order valence-electron chi connectivity index (χ2n) is 5.69. The molecule has 118 valence electrons. The van der Waals surface area contributed by atoms with Crippen molar-refractivity contribution in [1.82, 2.24) is 4.90 Å². The highest BCUT2D eigenvalue weighted by molar-refractivity contribution is 5.31. The van der Waals surface area contributed by atoms with Crippen LogP contribution < -0.4 is 0 Å². The van der Waals surface area contributed by atoms with Gasteiger partial charge in [-0.05, 0) is 43.4 Å². The van der Waals surface area contributed by atoms with Crippen molar-refractivity contribution in [3.63, 3.8) is 0 Å². The minimum absolute atomic E-state index is 0.351. The van der Waals surface area contributed by atoms with E-state index in [1.54, 1.807) is 0 Å². The van der Waals surface area contributed by atoms with E-state index in [1.165, 1.54) is 4.90 Å². The van der Waals surface area contributed by atoms with E-state index < -0.39 is 24.9 Å². The molecule has 2 atom stereocenters. The molecular weight excluding hydrogens is 279 g/mol. The van der Waals surface area contributed by atoms with Crippen molar-refractivity contribution in [2.75, 3.05) is 13.1 Å². The van der Waals surface area contributed by atoms with Gasteiger partial charge in [0.15, 0.2) is 0 Å². The molecule has 21 heavy (non-hydrogen) atoms. The standard InChI is InChI=1S/C16H22F3NO/c1-2-10-20(11-16(17,18)19)14-9-5-7-12-6-3-4-8-13(12)15(14)21/h3-4,6,8,14-15,21H,2,5,7,9-11H2,1H3. The summed E-state index contributed by atoms with van der Waals surface area (Å²) in [6, 6.07) is 7.06. The maximum absolute atomic E-state index is 12.8. The monoisotopic (exact) mass is 301 g/mol. The summed E-state index contributed by atoms with van der Waals surface area (Å²) < 4.78 is 38.4. The molecular formula is C16H22F3NO. The number of rotatable bonds is 4. The zero-order valence-electron chi connectivity index (χ0n) is 12.2. The normalized spacial score (nSPS) is 23.0. The molecule has 0 fully saturated rings. The van der Waals surface area contributed by atoms with Crippen molar-refractivity contribution in [1.29, 1.82) is 0 Å². The number of benzene rings is 1. The van der Waals surface area contributed by atoms with E-state index in [-0.39, 0.29) is 0 Å². The van der Waals surface area contributed by atoms with Crippen LogP contribution in [0.4, 0.5) is 13.2 Å². The van der Waals surface area contributed by atoms with Gasteiger partial charge in [-0.25, -0.2) is 0 Å². The molecule has 0 aliphatic heterocycles. The number of aryl methyl sites for hydroxylation is 1. The fraction of sp³-hybridized carbons (Fsp3) is 0.625. The Kier molecular flexibility index (Phi) is 5.27. The lowest BCUT2D eigenvalue weighted by Gasteiger charge is -2.34. The van der Waals surface area contributed by atoms with E-state index in [1.807, 2.05) is 31.2 Å². The summed E-state index contributed by atoms with van der Waals surface area (Å²) in [5.41, 5.74) is 1.83. The zero-order chi connectivity index (χ0) is 15.5. The largest absolute Gasteiger partial charge is 0.401 e. The molecule has 5 heteroatoms. The quantitative estimate of drug-likeness (QED) is 0.857. The smallest absolute Gasteiger partial charge is 0.387 e. The van der Waals surface area contributed by atoms with E-state index in [0.717, 1.165) is 24.0 Å². The second kappa shape index (κ2) is 6.79. The molecule has 0 heterocycles. The molecule has 0 saturated carbocycles. The van der Waals surface area contributed by atoms with Crippen LogP contribution in [-0.4, -0.2) is 35.3 Å². The summed E-state index contributed by atoms with van der Waals surface area (Å²) in [4.78, 5) is 1.40. The number of halogens is 3. The third-order valence-electron chi connectivity index (χ3n) is 4.05. The van der Waals surface area contributed by atoms with Crippen LogP contribution in [0, 0.1) is 0 Å². The molecule has 0 amide bonds. The molecule has 2 nitrogen and oxygen atoms in total. The number of aliphatic hydroxyl groups is 1. The second-order valence-corrected chi connectivity index (χ2v) is 5.69. The van der Waals surface area contributed by atoms with Crippen molar-refractivity contribution in [2.45, 2.75) is 50.9 Å². The lowest BCUT2D eigenvalue weighted by atomic mass is 9.97. The molecule has 2 unspecified atom stereocenters. The summed E-state index contributed by atoms with van der Waals surface area (Å²) in [5, 5.41) is 10.6. The minimum atomic E-state index is -4.24. The molecule has 0 radical (unpaired) electrons. The topological polar surface area (TPSA) is 23.5 Å². The first kappa shape index (κ1) is 16.3. The van der Waals surface area contributed by atoms with E-state index in [2.05, 4.69) is 0 Å². The first-order valence-electron chi connectivity index (χ1n) is 7.49. The average molecular weight is 301 g/mol. The van der Waals surface area contributed by atoms with Gasteiger partial charge in [-0.1, -0.05) is 31.2 Å². The minimum Gasteiger partial charge on any atom is -0.387 e. The Morgan fingerprint density at radius 3 is 2.67 bits per heavy atom. The van der Waals surface area contributed by atoms with Gasteiger partial charge in [-0.2, -0.15) is 13.2 Å². The third-order valence-corrected chi connectivity index (χ3v) is 4.05. The predicted octanol–water partition coefficient (Wildman–Crippen LogP) is 3.70. The maximum atomic E-state index is 12.8. The molecule has 0 aromatic heterocycles. The van der Waals surface area contributed by atoms with Crippen LogP contribution in [0.2, 0.25) is 0 Å². The van der Waals surface area contributed by atoms with Crippen LogP contribution >= 0.6 is 0 Å². The SMILES string of the molecule is CCCN(CC(F)(F)F)C1CCCc2ccccc2C1O. The van der Waals surface area contributed by atoms with Crippen molar-refractivity contribution < 1.29 is 18.3 Å². The fourth-order valence-corrected chi connectivity index (χ4v) is 3.18. The fourth-order valence-electron chi connectivity index (χ4n) is 3.18. The summed E-state index contributed by atoms with van der Waals surface area (Å²) in [7, 11) is 0. The van der Waals surface area contributed by atoms with Crippen LogP contribution in [0.3, 0.4) is 0 Å². The highest BCUT2D eigenvalue weighted by Crippen LogP contribution is 2.33. The molecule has 1 aliphatic carbocycles. The highest BCUT2D eigenvalue weighted by atomic mass is 19.4. The summed E-state index contributed by atoms with van der Waals surface area (Å²) in [6.45, 7) is 1.26. The van der Waals surface area contributed by atoms with Crippen molar-refractivity contribution in [2.24, 2.45) is 0 Å². The van der Waals surface area contributed by atoms with Gasteiger partial charge in [0.1, 0.15) is 0 Å². The zero-order valence-corrected chi connectivity index (χ0v) is 12.2. The number of nitrogens with zero attached hydrogens (tertiary/aromatic N) is 1. The average Bonchev–Trinajstić information content (AvgIpc) is 2.57. The Bertz CT molecular complexity index is 461. The molecule has 1 N–H and O–H groups in total. The summed E-state index contributed by atoms with van der Waals surface area (Å²) in [6.07, 6.45) is -2.24. The molecule has 2 rings (SSSR count). The Morgan fingerprint density at radius 2 is 2.00 bits per heavy atom. The Labute approximate surface area is 123 Å². The molecule has 0 spiro atoms. The molecule has 0 saturated heterocycles. The molecule has 1 aliphatic rings. The van der Waals surface area contributed by atoms with Gasteiger partial charge >= 0.3 is 6.18 Å². The van der Waals surface area contributed by atoms with E-state index >= 15 is 0 Å². The third kappa shape index (κ3) is 4.20. The lowest BCUT2D eigenvalue weighted by Crippen LogP contribution is -2.45. The number of fused-ring (bicyclic) bond motifs is 1. The molecule has 1 aromatic rings. The van der Waals surface area contributed by atoms with Crippen LogP contribution in [-0.2, 0) is 6.42 Å². The highest BCUT2D eigenvalue weighted by Gasteiger charge is 2.37. The van der Waals surface area contributed by atoms with Crippen molar-refractivity contribution >= 4 is 0 Å². The van der Waals surface area contributed by atoms with E-state index in [9.17, 15) is 18.3 Å². The Balaban J connectivity index is 2.24. The van der Waals surface area contributed by atoms with Crippen LogP contribution in [0.15, 0.2) is 24.3 Å². The Morgan fingerprint density at radius 1 is 1.29 bits per heavy atom. The molecule has 1 aromatic carbocycles. The van der Waals surface area contributed by atoms with Gasteiger partial charge in [-0.3, -0.25) is 4.90 Å². The first-order chi connectivity index (χ1) is 9.92. The number of hydrogen-bond acceptors (Lipinski definition) is 2. The van der Waals surface area contributed by atoms with Crippen molar-refractivity contribution in [3.05, 3.63) is 35.4 Å². The number of alkyl halides is 3. The van der Waals surface area contributed by atoms with Gasteiger partial charge < -0.3 is 5.11 Å². The van der Waals surface area contributed by atoms with Gasteiger partial charge in [0.05, 0.1) is 12.6 Å². The summed E-state index contributed by atoms with van der Waals surface area (Å²) in [5.74, 6) is 0. The van der Waals surface area contributed by atoms with Crippen LogP contribution in [0.5, 0.6) is 0 Å². The lowest BCUT2D eigenvalue weighted by molar-refractivity contribution is -0.156. The van der Waals surface area contributed by atoms with Gasteiger partial charge in [0, 0.05) is 6.04 Å². The van der Waals surface area contributed by atoms with E-state index in [4.69, 9.17) is 0 Å². The van der Waals surface area contributed by atoms with Crippen LogP contribution in [0.25, 0.3) is 0 Å². The van der Waals surface area contributed by atoms with E-state index in [0.29, 0.717) is 19.4 Å². The van der Waals surface area contributed by atoms with Crippen molar-refractivity contribution in [3.8, 4) is 0 Å². The number of hydrogen-bond donors (Lipinski definition) is 1. The van der Waals surface area contributed by atoms with Crippen LogP contribution in [0.1, 0.15) is 43.4 Å². The number of aliphatic hydroxyl groups excluding tert-OH is 1. The Hall–Kier alpha value is -1.07. The maximum Gasteiger partial charge on any atom is 0.401 e. The van der Waals surface area contributed by atoms with Gasteiger partial charge in [0.2, 0.25) is 0 Å².